The Morgan fingerprint density at radius 1 is 0.935 bits per heavy atom. The van der Waals surface area contributed by atoms with Crippen molar-refractivity contribution in [3.63, 3.8) is 0 Å². The predicted molar refractivity (Wildman–Crippen MR) is 117 cm³/mol. The van der Waals surface area contributed by atoms with Crippen LogP contribution in [0.4, 0.5) is 17.6 Å². The van der Waals surface area contributed by atoms with Gasteiger partial charge in [0.15, 0.2) is 0 Å². The molecule has 5 heteroatoms. The second-order valence-corrected chi connectivity index (χ2v) is 8.18. The molecule has 0 N–H and O–H groups in total. The Bertz CT molecular complexity index is 884. The van der Waals surface area contributed by atoms with Crippen LogP contribution >= 0.6 is 0 Å². The summed E-state index contributed by atoms with van der Waals surface area (Å²) < 4.78 is 60.2. The van der Waals surface area contributed by atoms with Gasteiger partial charge in [0.25, 0.3) is 0 Å². The zero-order chi connectivity index (χ0) is 22.4. The molecule has 1 aliphatic rings. The number of benzene rings is 2. The first kappa shape index (κ1) is 23.4. The van der Waals surface area contributed by atoms with Gasteiger partial charge in [-0.1, -0.05) is 62.6 Å². The average Bonchev–Trinajstić information content (AvgIpc) is 2.74. The van der Waals surface area contributed by atoms with E-state index < -0.39 is 23.3 Å². The maximum atomic E-state index is 14.9. The van der Waals surface area contributed by atoms with E-state index in [2.05, 4.69) is 19.1 Å². The van der Waals surface area contributed by atoms with Gasteiger partial charge in [0.2, 0.25) is 0 Å². The van der Waals surface area contributed by atoms with Crippen molar-refractivity contribution in [3.05, 3.63) is 65.5 Å². The Morgan fingerprint density at radius 3 is 2.26 bits per heavy atom. The minimum Gasteiger partial charge on any atom is -0.493 e. The maximum absolute atomic E-state index is 14.9. The summed E-state index contributed by atoms with van der Waals surface area (Å²) in [6.45, 7) is 3.81. The molecule has 0 bridgehead atoms. The zero-order valence-corrected chi connectivity index (χ0v) is 18.1. The van der Waals surface area contributed by atoms with E-state index in [-0.39, 0.29) is 12.2 Å². The fraction of sp³-hybridized carbons (Fsp3) is 0.462. The summed E-state index contributed by atoms with van der Waals surface area (Å²) in [6, 6.07) is 9.74. The highest BCUT2D eigenvalue weighted by Gasteiger charge is 2.39. The number of allylic oxidation sites excluding steroid dienone is 2. The molecule has 0 spiro atoms. The van der Waals surface area contributed by atoms with Crippen LogP contribution in [0.25, 0.3) is 11.1 Å². The van der Waals surface area contributed by atoms with Crippen molar-refractivity contribution in [2.75, 3.05) is 6.61 Å². The van der Waals surface area contributed by atoms with Crippen LogP contribution in [0.3, 0.4) is 0 Å². The standard InChI is InChI=1S/C26H30F4O/c1-3-5-6-7-18-8-10-19(11-9-18)20-12-14-21(15-13-20)22-16-17-23(31-4-2)24(25(22)27)26(28,29)30/h8,10,12-19H,3-7,9,11H2,1-2H3. The zero-order valence-electron chi connectivity index (χ0n) is 18.1. The quantitative estimate of drug-likeness (QED) is 0.230. The molecule has 2 atom stereocenters. The van der Waals surface area contributed by atoms with E-state index >= 15 is 0 Å². The fourth-order valence-corrected chi connectivity index (χ4v) is 4.28. The van der Waals surface area contributed by atoms with Crippen LogP contribution in [0, 0.1) is 11.7 Å². The van der Waals surface area contributed by atoms with Gasteiger partial charge in [-0.25, -0.2) is 4.39 Å². The van der Waals surface area contributed by atoms with E-state index in [0.29, 0.717) is 17.4 Å². The van der Waals surface area contributed by atoms with Crippen LogP contribution in [0.2, 0.25) is 0 Å². The molecule has 2 aromatic carbocycles. The molecule has 0 heterocycles. The number of unbranched alkanes of at least 4 members (excludes halogenated alkanes) is 2. The number of hydrogen-bond donors (Lipinski definition) is 0. The van der Waals surface area contributed by atoms with Crippen LogP contribution in [0.5, 0.6) is 5.75 Å². The Kier molecular flexibility index (Phi) is 7.79. The smallest absolute Gasteiger partial charge is 0.422 e. The summed E-state index contributed by atoms with van der Waals surface area (Å²) in [5, 5.41) is 0. The SMILES string of the molecule is CCCCCC1C=CC(c2ccc(-c3ccc(OCC)c(C(F)(F)F)c3F)cc2)CC1. The van der Waals surface area contributed by atoms with Crippen molar-refractivity contribution in [3.8, 4) is 16.9 Å². The molecule has 1 nitrogen and oxygen atoms in total. The van der Waals surface area contributed by atoms with Crippen LogP contribution in [-0.2, 0) is 6.18 Å². The average molecular weight is 435 g/mol. The van der Waals surface area contributed by atoms with Gasteiger partial charge in [-0.15, -0.1) is 0 Å². The van der Waals surface area contributed by atoms with Crippen LogP contribution in [0.1, 0.15) is 69.4 Å². The van der Waals surface area contributed by atoms with Gasteiger partial charge in [0, 0.05) is 11.5 Å². The molecule has 0 aliphatic heterocycles. The predicted octanol–water partition coefficient (Wildman–Crippen LogP) is 8.54. The molecule has 31 heavy (non-hydrogen) atoms. The number of rotatable bonds is 8. The molecule has 2 aromatic rings. The lowest BCUT2D eigenvalue weighted by molar-refractivity contribution is -0.141. The summed E-state index contributed by atoms with van der Waals surface area (Å²) in [6.07, 6.45) is 6.92. The number of hydrogen-bond acceptors (Lipinski definition) is 1. The van der Waals surface area contributed by atoms with Gasteiger partial charge < -0.3 is 4.74 Å². The van der Waals surface area contributed by atoms with Gasteiger partial charge >= 0.3 is 6.18 Å². The molecule has 0 saturated carbocycles. The lowest BCUT2D eigenvalue weighted by Gasteiger charge is -2.23. The van der Waals surface area contributed by atoms with Crippen molar-refractivity contribution < 1.29 is 22.3 Å². The first-order valence-corrected chi connectivity index (χ1v) is 11.2. The molecule has 0 fully saturated rings. The van der Waals surface area contributed by atoms with E-state index in [1.54, 1.807) is 19.1 Å². The highest BCUT2D eigenvalue weighted by Crippen LogP contribution is 2.42. The molecule has 3 rings (SSSR count). The van der Waals surface area contributed by atoms with E-state index in [0.717, 1.165) is 18.4 Å². The molecule has 0 amide bonds. The van der Waals surface area contributed by atoms with Crippen molar-refractivity contribution in [1.29, 1.82) is 0 Å². The molecular weight excluding hydrogens is 404 g/mol. The van der Waals surface area contributed by atoms with E-state index in [1.807, 2.05) is 12.1 Å². The van der Waals surface area contributed by atoms with E-state index in [9.17, 15) is 17.6 Å². The Hall–Kier alpha value is -2.30. The fourth-order valence-electron chi connectivity index (χ4n) is 4.28. The summed E-state index contributed by atoms with van der Waals surface area (Å²) >= 11 is 0. The van der Waals surface area contributed by atoms with Crippen molar-refractivity contribution in [1.82, 2.24) is 0 Å². The number of ether oxygens (including phenoxy) is 1. The first-order valence-electron chi connectivity index (χ1n) is 11.2. The molecule has 2 unspecified atom stereocenters. The minimum absolute atomic E-state index is 0.0327. The maximum Gasteiger partial charge on any atom is 0.422 e. The van der Waals surface area contributed by atoms with Crippen molar-refractivity contribution >= 4 is 0 Å². The molecule has 1 aliphatic carbocycles. The number of alkyl halides is 3. The number of halogens is 4. The molecule has 0 aromatic heterocycles. The lowest BCUT2D eigenvalue weighted by atomic mass is 9.82. The third-order valence-corrected chi connectivity index (χ3v) is 5.98. The normalized spacial score (nSPS) is 18.9. The molecule has 168 valence electrons. The Balaban J connectivity index is 1.79. The topological polar surface area (TPSA) is 9.23 Å². The Morgan fingerprint density at radius 2 is 1.68 bits per heavy atom. The summed E-state index contributed by atoms with van der Waals surface area (Å²) in [5.41, 5.74) is 0.110. The third-order valence-electron chi connectivity index (χ3n) is 5.98. The summed E-state index contributed by atoms with van der Waals surface area (Å²) in [7, 11) is 0. The molecule has 0 radical (unpaired) electrons. The largest absolute Gasteiger partial charge is 0.493 e. The van der Waals surface area contributed by atoms with Gasteiger partial charge in [-0.05, 0) is 55.4 Å². The minimum atomic E-state index is -4.83. The Labute approximate surface area is 182 Å². The second-order valence-electron chi connectivity index (χ2n) is 8.18. The highest BCUT2D eigenvalue weighted by atomic mass is 19.4. The summed E-state index contributed by atoms with van der Waals surface area (Å²) in [4.78, 5) is 0. The van der Waals surface area contributed by atoms with Gasteiger partial charge in [-0.2, -0.15) is 13.2 Å². The summed E-state index contributed by atoms with van der Waals surface area (Å²) in [5.74, 6) is -0.833. The molecule has 0 saturated heterocycles. The lowest BCUT2D eigenvalue weighted by Crippen LogP contribution is -2.12. The van der Waals surface area contributed by atoms with E-state index in [4.69, 9.17) is 4.74 Å². The van der Waals surface area contributed by atoms with Crippen LogP contribution in [0.15, 0.2) is 48.6 Å². The van der Waals surface area contributed by atoms with Gasteiger partial charge in [-0.3, -0.25) is 0 Å². The third kappa shape index (κ3) is 5.69. The van der Waals surface area contributed by atoms with Crippen molar-refractivity contribution in [2.24, 2.45) is 5.92 Å². The highest BCUT2D eigenvalue weighted by molar-refractivity contribution is 5.67. The van der Waals surface area contributed by atoms with Gasteiger partial charge in [0.05, 0.1) is 6.61 Å². The first-order chi connectivity index (χ1) is 14.8. The van der Waals surface area contributed by atoms with Crippen LogP contribution in [-0.4, -0.2) is 6.61 Å². The second kappa shape index (κ2) is 10.3. The van der Waals surface area contributed by atoms with Gasteiger partial charge in [0.1, 0.15) is 17.1 Å². The van der Waals surface area contributed by atoms with E-state index in [1.165, 1.54) is 37.8 Å². The van der Waals surface area contributed by atoms with Crippen LogP contribution < -0.4 is 4.74 Å². The molecular formula is C26H30F4O. The van der Waals surface area contributed by atoms with Crippen molar-refractivity contribution in [2.45, 2.75) is 64.5 Å². The monoisotopic (exact) mass is 434 g/mol.